The van der Waals surface area contributed by atoms with Crippen molar-refractivity contribution in [3.63, 3.8) is 0 Å². The van der Waals surface area contributed by atoms with Crippen molar-refractivity contribution in [1.82, 2.24) is 21.3 Å². The number of unbranched alkanes of at least 4 members (excludes halogenated alkanes) is 3. The lowest BCUT2D eigenvalue weighted by Gasteiger charge is -2.26. The van der Waals surface area contributed by atoms with Gasteiger partial charge in [0.25, 0.3) is 0 Å². The van der Waals surface area contributed by atoms with Crippen molar-refractivity contribution in [1.29, 1.82) is 0 Å². The fourth-order valence-electron chi connectivity index (χ4n) is 4.79. The van der Waals surface area contributed by atoms with Crippen molar-refractivity contribution in [3.05, 3.63) is 0 Å². The Morgan fingerprint density at radius 1 is 0.480 bits per heavy atom. The molecule has 20 heteroatoms. The Kier molecular flexibility index (Phi) is 25.2. The maximum absolute atomic E-state index is 13.7. The normalized spacial score (nSPS) is 13.8. The van der Waals surface area contributed by atoms with Crippen molar-refractivity contribution in [2.75, 3.05) is 32.7 Å². The van der Waals surface area contributed by atoms with E-state index in [1.165, 1.54) is 0 Å². The number of aliphatic imine (C=N–C) groups is 2. The summed E-state index contributed by atoms with van der Waals surface area (Å²) in [7, 11) is 0. The average molecular weight is 715 g/mol. The van der Waals surface area contributed by atoms with Gasteiger partial charge in [0.05, 0.1) is 6.04 Å². The molecule has 0 spiro atoms. The molecule has 4 amide bonds. The van der Waals surface area contributed by atoms with E-state index in [1.807, 2.05) is 0 Å². The highest BCUT2D eigenvalue weighted by Crippen LogP contribution is 2.09. The van der Waals surface area contributed by atoms with Crippen LogP contribution < -0.4 is 67.1 Å². The van der Waals surface area contributed by atoms with E-state index in [1.54, 1.807) is 0 Å². The summed E-state index contributed by atoms with van der Waals surface area (Å²) in [6.45, 7) is 1.52. The quantitative estimate of drug-likeness (QED) is 0.0199. The summed E-state index contributed by atoms with van der Waals surface area (Å²) >= 11 is 0. The number of rotatable bonds is 29. The number of nitrogens with one attached hydrogen (secondary N) is 4. The molecule has 0 aromatic heterocycles. The van der Waals surface area contributed by atoms with Crippen LogP contribution in [0, 0.1) is 0 Å². The third-order valence-electron chi connectivity index (χ3n) is 7.60. The fraction of sp³-hybridized carbons (Fsp3) is 0.767. The molecule has 0 aromatic rings. The zero-order chi connectivity index (χ0) is 37.9. The van der Waals surface area contributed by atoms with Crippen molar-refractivity contribution in [2.24, 2.45) is 55.9 Å². The molecular weight excluding hydrogens is 652 g/mol. The smallest absolute Gasteiger partial charge is 0.326 e. The number of nitrogens with two attached hydrogens (primary N) is 8. The molecule has 0 bridgehead atoms. The first-order valence-corrected chi connectivity index (χ1v) is 17.2. The Balaban J connectivity index is 6.00. The lowest BCUT2D eigenvalue weighted by molar-refractivity contribution is -0.142. The lowest BCUT2D eigenvalue weighted by atomic mass is 10.0. The predicted molar refractivity (Wildman–Crippen MR) is 192 cm³/mol. The standard InChI is InChI=1S/C30H62N14O6/c31-14-4-1-10-20(41-24(45)19(34)9-7-17-39-29(35)36)25(46)42-21(11-2-5-15-32)26(47)43-22(13-8-18-40-30(37)38)27(48)44-23(28(49)50)12-3-6-16-33/h19-23H,1-18,31-34H2,(H,41,45)(H,42,46)(H,43,47)(H,44,48)(H,49,50)(H4,35,36,39)(H4,37,38,40). The average Bonchev–Trinajstić information content (AvgIpc) is 3.06. The van der Waals surface area contributed by atoms with Crippen LogP contribution in [0.1, 0.15) is 83.5 Å². The molecule has 0 rings (SSSR count). The number of hydrogen-bond donors (Lipinski definition) is 13. The van der Waals surface area contributed by atoms with Crippen LogP contribution in [-0.2, 0) is 24.0 Å². The number of carbonyl (C=O) groups excluding carboxylic acids is 4. The molecule has 0 aliphatic heterocycles. The molecule has 5 atom stereocenters. The maximum Gasteiger partial charge on any atom is 0.326 e. The molecule has 0 radical (unpaired) electrons. The summed E-state index contributed by atoms with van der Waals surface area (Å²) in [5.41, 5.74) is 44.3. The van der Waals surface area contributed by atoms with Crippen LogP contribution in [0.5, 0.6) is 0 Å². The van der Waals surface area contributed by atoms with E-state index >= 15 is 0 Å². The van der Waals surface area contributed by atoms with Crippen molar-refractivity contribution >= 4 is 41.5 Å². The van der Waals surface area contributed by atoms with Gasteiger partial charge >= 0.3 is 5.97 Å². The second-order valence-electron chi connectivity index (χ2n) is 11.9. The van der Waals surface area contributed by atoms with E-state index in [0.29, 0.717) is 64.6 Å². The van der Waals surface area contributed by atoms with Gasteiger partial charge in [-0.2, -0.15) is 0 Å². The number of carboxylic acid groups (broad SMARTS) is 1. The highest BCUT2D eigenvalue weighted by atomic mass is 16.4. The summed E-state index contributed by atoms with van der Waals surface area (Å²) in [5, 5.41) is 20.2. The number of carboxylic acids is 1. The van der Waals surface area contributed by atoms with E-state index in [4.69, 9.17) is 45.9 Å². The van der Waals surface area contributed by atoms with Gasteiger partial charge in [-0.05, 0) is 103 Å². The van der Waals surface area contributed by atoms with Crippen molar-refractivity contribution in [3.8, 4) is 0 Å². The summed E-state index contributed by atoms with van der Waals surface area (Å²) < 4.78 is 0. The van der Waals surface area contributed by atoms with Gasteiger partial charge < -0.3 is 72.2 Å². The third-order valence-corrected chi connectivity index (χ3v) is 7.60. The van der Waals surface area contributed by atoms with E-state index in [0.717, 1.165) is 0 Å². The molecule has 0 aliphatic carbocycles. The molecule has 5 unspecified atom stereocenters. The van der Waals surface area contributed by atoms with Gasteiger partial charge in [0.15, 0.2) is 11.9 Å². The molecule has 50 heavy (non-hydrogen) atoms. The molecule has 0 fully saturated rings. The van der Waals surface area contributed by atoms with Gasteiger partial charge in [0, 0.05) is 13.1 Å². The predicted octanol–water partition coefficient (Wildman–Crippen LogP) is -4.17. The third kappa shape index (κ3) is 21.6. The highest BCUT2D eigenvalue weighted by Gasteiger charge is 2.31. The lowest BCUT2D eigenvalue weighted by Crippen LogP contribution is -2.58. The van der Waals surface area contributed by atoms with Crippen molar-refractivity contribution < 1.29 is 29.1 Å². The molecule has 0 saturated carbocycles. The van der Waals surface area contributed by atoms with Crippen LogP contribution in [0.4, 0.5) is 0 Å². The van der Waals surface area contributed by atoms with Gasteiger partial charge in [-0.25, -0.2) is 4.79 Å². The molecule has 0 saturated heterocycles. The number of aliphatic carboxylic acids is 1. The SMILES string of the molecule is NCCCCC(NC(=O)C(CCCN=C(N)N)NC(=O)C(CCCCN)NC(=O)C(CCCCN)NC(=O)C(N)CCCN=C(N)N)C(=O)O. The first-order valence-electron chi connectivity index (χ1n) is 17.2. The Morgan fingerprint density at radius 2 is 0.800 bits per heavy atom. The first kappa shape index (κ1) is 45.7. The van der Waals surface area contributed by atoms with Crippen LogP contribution in [0.15, 0.2) is 9.98 Å². The molecule has 20 nitrogen and oxygen atoms in total. The first-order chi connectivity index (χ1) is 23.8. The number of hydrogen-bond acceptors (Lipinski definition) is 11. The topological polar surface area (TPSA) is 387 Å². The number of carbonyl (C=O) groups is 5. The zero-order valence-corrected chi connectivity index (χ0v) is 29.1. The molecule has 0 aromatic carbocycles. The molecule has 21 N–H and O–H groups in total. The Bertz CT molecular complexity index is 1080. The van der Waals surface area contributed by atoms with E-state index in [-0.39, 0.29) is 63.5 Å². The van der Waals surface area contributed by atoms with E-state index in [2.05, 4.69) is 31.3 Å². The summed E-state index contributed by atoms with van der Waals surface area (Å²) in [6, 6.07) is -5.49. The van der Waals surface area contributed by atoms with Gasteiger partial charge in [-0.3, -0.25) is 29.2 Å². The molecule has 0 aliphatic rings. The molecule has 288 valence electrons. The zero-order valence-electron chi connectivity index (χ0n) is 29.1. The van der Waals surface area contributed by atoms with Gasteiger partial charge in [0.2, 0.25) is 23.6 Å². The summed E-state index contributed by atoms with van der Waals surface area (Å²) in [4.78, 5) is 73.1. The summed E-state index contributed by atoms with van der Waals surface area (Å²) in [5.74, 6) is -4.07. The maximum atomic E-state index is 13.7. The van der Waals surface area contributed by atoms with Crippen molar-refractivity contribution in [2.45, 2.75) is 114 Å². The minimum Gasteiger partial charge on any atom is -0.480 e. The highest BCUT2D eigenvalue weighted by molar-refractivity contribution is 5.95. The second-order valence-corrected chi connectivity index (χ2v) is 11.9. The van der Waals surface area contributed by atoms with Crippen LogP contribution in [0.25, 0.3) is 0 Å². The van der Waals surface area contributed by atoms with Crippen LogP contribution in [0.3, 0.4) is 0 Å². The fourth-order valence-corrected chi connectivity index (χ4v) is 4.79. The van der Waals surface area contributed by atoms with Gasteiger partial charge in [0.1, 0.15) is 24.2 Å². The Hall–Kier alpha value is -4.27. The monoisotopic (exact) mass is 714 g/mol. The second kappa shape index (κ2) is 27.5. The van der Waals surface area contributed by atoms with Crippen LogP contribution in [0.2, 0.25) is 0 Å². The number of guanidine groups is 2. The van der Waals surface area contributed by atoms with Gasteiger partial charge in [-0.15, -0.1) is 0 Å². The number of amides is 4. The molecular formula is C30H62N14O6. The van der Waals surface area contributed by atoms with E-state index in [9.17, 15) is 29.1 Å². The van der Waals surface area contributed by atoms with Gasteiger partial charge in [-0.1, -0.05) is 0 Å². The minimum atomic E-state index is -1.23. The largest absolute Gasteiger partial charge is 0.480 e. The van der Waals surface area contributed by atoms with Crippen LogP contribution >= 0.6 is 0 Å². The number of nitrogens with zero attached hydrogens (tertiary/aromatic N) is 2. The van der Waals surface area contributed by atoms with E-state index < -0.39 is 59.8 Å². The molecule has 0 heterocycles. The summed E-state index contributed by atoms with van der Waals surface area (Å²) in [6.07, 6.45) is 4.70. The Labute approximate surface area is 294 Å². The minimum absolute atomic E-state index is 0.0613. The Morgan fingerprint density at radius 3 is 1.16 bits per heavy atom. The van der Waals surface area contributed by atoms with Crippen LogP contribution in [-0.4, -0.2) is 110 Å².